The van der Waals surface area contributed by atoms with E-state index in [1.54, 1.807) is 12.0 Å². The average molecular weight is 377 g/mol. The highest BCUT2D eigenvalue weighted by Crippen LogP contribution is 2.49. The van der Waals surface area contributed by atoms with Gasteiger partial charge in [0.1, 0.15) is 11.6 Å². The highest BCUT2D eigenvalue weighted by Gasteiger charge is 2.57. The first-order valence-corrected chi connectivity index (χ1v) is 9.34. The minimum atomic E-state index is -0.950. The molecule has 144 valence electrons. The van der Waals surface area contributed by atoms with E-state index in [-0.39, 0.29) is 18.2 Å². The van der Waals surface area contributed by atoms with Crippen LogP contribution >= 0.6 is 0 Å². The highest BCUT2D eigenvalue weighted by atomic mass is 16.6. The lowest BCUT2D eigenvalue weighted by Gasteiger charge is -2.38. The molecular formula is C23H23NO4. The molecule has 28 heavy (non-hydrogen) atoms. The highest BCUT2D eigenvalue weighted by molar-refractivity contribution is 6.01. The predicted molar refractivity (Wildman–Crippen MR) is 105 cm³/mol. The van der Waals surface area contributed by atoms with Gasteiger partial charge >= 0.3 is 6.09 Å². The Morgan fingerprint density at radius 2 is 1.61 bits per heavy atom. The number of carbonyl (C=O) groups excluding carboxylic acids is 2. The largest absolute Gasteiger partial charge is 0.439 e. The van der Waals surface area contributed by atoms with Crippen LogP contribution in [0.25, 0.3) is 0 Å². The molecule has 0 spiro atoms. The van der Waals surface area contributed by atoms with E-state index in [2.05, 4.69) is 6.58 Å². The van der Waals surface area contributed by atoms with E-state index in [9.17, 15) is 9.59 Å². The minimum Gasteiger partial charge on any atom is -0.439 e. The molecular weight excluding hydrogens is 354 g/mol. The Morgan fingerprint density at radius 1 is 1.04 bits per heavy atom. The Balaban J connectivity index is 1.82. The summed E-state index contributed by atoms with van der Waals surface area (Å²) in [5, 5.41) is 0. The Bertz CT molecular complexity index is 911. The van der Waals surface area contributed by atoms with Gasteiger partial charge in [-0.15, -0.1) is 0 Å². The van der Waals surface area contributed by atoms with Gasteiger partial charge in [-0.3, -0.25) is 9.69 Å². The van der Waals surface area contributed by atoms with Crippen LogP contribution in [-0.4, -0.2) is 35.5 Å². The Labute approximate surface area is 164 Å². The van der Waals surface area contributed by atoms with E-state index in [1.807, 2.05) is 67.6 Å². The second-order valence-electron chi connectivity index (χ2n) is 7.41. The summed E-state index contributed by atoms with van der Waals surface area (Å²) in [5.74, 6) is -0.0860. The third-order valence-electron chi connectivity index (χ3n) is 6.00. The molecule has 2 aromatic carbocycles. The summed E-state index contributed by atoms with van der Waals surface area (Å²) in [4.78, 5) is 27.2. The van der Waals surface area contributed by atoms with Crippen LogP contribution < -0.4 is 0 Å². The number of hydrogen-bond donors (Lipinski definition) is 0. The first kappa shape index (κ1) is 18.4. The van der Waals surface area contributed by atoms with Crippen molar-refractivity contribution in [2.75, 3.05) is 7.11 Å². The van der Waals surface area contributed by atoms with Gasteiger partial charge in [-0.1, -0.05) is 67.2 Å². The fraction of sp³-hybridized carbons (Fsp3) is 0.304. The Hall–Kier alpha value is -2.92. The molecule has 0 aromatic heterocycles. The maximum Gasteiger partial charge on any atom is 0.411 e. The zero-order valence-electron chi connectivity index (χ0n) is 16.0. The average Bonchev–Trinajstić information content (AvgIpc) is 3.18. The van der Waals surface area contributed by atoms with Gasteiger partial charge in [-0.2, -0.15) is 0 Å². The second-order valence-corrected chi connectivity index (χ2v) is 7.41. The van der Waals surface area contributed by atoms with Crippen LogP contribution in [0.5, 0.6) is 0 Å². The van der Waals surface area contributed by atoms with Crippen molar-refractivity contribution >= 4 is 11.9 Å². The third-order valence-corrected chi connectivity index (χ3v) is 6.00. The fourth-order valence-electron chi connectivity index (χ4n) is 4.29. The molecule has 1 aliphatic heterocycles. The molecule has 1 amide bonds. The molecule has 1 saturated heterocycles. The molecule has 5 nitrogen and oxygen atoms in total. The van der Waals surface area contributed by atoms with E-state index < -0.39 is 23.8 Å². The summed E-state index contributed by atoms with van der Waals surface area (Å²) in [6.07, 6.45) is -0.747. The summed E-state index contributed by atoms with van der Waals surface area (Å²) in [5.41, 5.74) is 1.30. The zero-order chi connectivity index (χ0) is 19.9. The van der Waals surface area contributed by atoms with Crippen LogP contribution in [0, 0.1) is 0 Å². The van der Waals surface area contributed by atoms with Gasteiger partial charge in [0.05, 0.1) is 6.04 Å². The number of benzene rings is 2. The maximum absolute atomic E-state index is 13.1. The monoisotopic (exact) mass is 377 g/mol. The molecule has 4 rings (SSSR count). The van der Waals surface area contributed by atoms with Gasteiger partial charge in [0.25, 0.3) is 0 Å². The standard InChI is InChI=1S/C23H23NO4/c1-15-18(25)14-19(23(15,2)27-3)24-20(16-10-6-4-7-11-16)21(28-22(24)26)17-12-8-5-9-13-17/h4-13,19-21H,1,14H2,2-3H3/t19-,20+,21-,23-/m0/s1. The maximum atomic E-state index is 13.1. The van der Waals surface area contributed by atoms with Crippen molar-refractivity contribution in [2.45, 2.75) is 37.1 Å². The molecule has 0 N–H and O–H groups in total. The number of carbonyl (C=O) groups is 2. The van der Waals surface area contributed by atoms with E-state index in [0.717, 1.165) is 11.1 Å². The van der Waals surface area contributed by atoms with Crippen LogP contribution in [0.2, 0.25) is 0 Å². The number of cyclic esters (lactones) is 1. The van der Waals surface area contributed by atoms with E-state index in [0.29, 0.717) is 5.57 Å². The van der Waals surface area contributed by atoms with Gasteiger partial charge in [0, 0.05) is 19.1 Å². The zero-order valence-corrected chi connectivity index (χ0v) is 16.0. The van der Waals surface area contributed by atoms with Crippen molar-refractivity contribution in [3.05, 3.63) is 83.9 Å². The van der Waals surface area contributed by atoms with Gasteiger partial charge in [0.15, 0.2) is 11.9 Å². The number of methoxy groups -OCH3 is 1. The lowest BCUT2D eigenvalue weighted by atomic mass is 9.90. The number of rotatable bonds is 4. The minimum absolute atomic E-state index is 0.0860. The number of nitrogens with zero attached hydrogens (tertiary/aromatic N) is 1. The van der Waals surface area contributed by atoms with Crippen LogP contribution in [-0.2, 0) is 14.3 Å². The Morgan fingerprint density at radius 3 is 2.18 bits per heavy atom. The number of ether oxygens (including phenoxy) is 2. The Kier molecular flexibility index (Phi) is 4.55. The van der Waals surface area contributed by atoms with Crippen LogP contribution in [0.4, 0.5) is 4.79 Å². The fourth-order valence-corrected chi connectivity index (χ4v) is 4.29. The topological polar surface area (TPSA) is 55.8 Å². The quantitative estimate of drug-likeness (QED) is 0.749. The second kappa shape index (κ2) is 6.91. The van der Waals surface area contributed by atoms with Crippen molar-refractivity contribution in [1.82, 2.24) is 4.90 Å². The first-order valence-electron chi connectivity index (χ1n) is 9.34. The molecule has 4 atom stereocenters. The smallest absolute Gasteiger partial charge is 0.411 e. The summed E-state index contributed by atoms with van der Waals surface area (Å²) in [7, 11) is 1.55. The van der Waals surface area contributed by atoms with Crippen LogP contribution in [0.3, 0.4) is 0 Å². The molecule has 0 unspecified atom stereocenters. The molecule has 0 radical (unpaired) electrons. The lowest BCUT2D eigenvalue weighted by molar-refractivity contribution is -0.115. The lowest BCUT2D eigenvalue weighted by Crippen LogP contribution is -2.50. The van der Waals surface area contributed by atoms with Crippen LogP contribution in [0.15, 0.2) is 72.8 Å². The van der Waals surface area contributed by atoms with Gasteiger partial charge in [-0.05, 0) is 18.1 Å². The van der Waals surface area contributed by atoms with Crippen molar-refractivity contribution < 1.29 is 19.1 Å². The van der Waals surface area contributed by atoms with E-state index in [4.69, 9.17) is 9.47 Å². The molecule has 1 heterocycles. The number of hydrogen-bond acceptors (Lipinski definition) is 4. The van der Waals surface area contributed by atoms with E-state index >= 15 is 0 Å². The van der Waals surface area contributed by atoms with Gasteiger partial charge < -0.3 is 9.47 Å². The summed E-state index contributed by atoms with van der Waals surface area (Å²) >= 11 is 0. The third kappa shape index (κ3) is 2.74. The number of amides is 1. The van der Waals surface area contributed by atoms with Gasteiger partial charge in [0.2, 0.25) is 0 Å². The SMILES string of the molecule is C=C1C(=O)C[C@H](N2C(=O)O[C@@H](c3ccccc3)[C@H]2c2ccccc2)[C@@]1(C)OC. The number of Topliss-reactive ketones (excluding diaryl/α,β-unsaturated/α-hetero) is 1. The summed E-state index contributed by atoms with van der Waals surface area (Å²) in [6, 6.07) is 18.6. The predicted octanol–water partition coefficient (Wildman–Crippen LogP) is 4.22. The normalized spacial score (nSPS) is 30.0. The van der Waals surface area contributed by atoms with E-state index in [1.165, 1.54) is 0 Å². The first-order chi connectivity index (χ1) is 13.5. The molecule has 2 fully saturated rings. The summed E-state index contributed by atoms with van der Waals surface area (Å²) in [6.45, 7) is 5.74. The van der Waals surface area contributed by atoms with Crippen molar-refractivity contribution in [1.29, 1.82) is 0 Å². The van der Waals surface area contributed by atoms with Crippen molar-refractivity contribution in [3.63, 3.8) is 0 Å². The molecule has 2 aromatic rings. The van der Waals surface area contributed by atoms with Crippen LogP contribution in [0.1, 0.15) is 36.6 Å². The number of ketones is 1. The van der Waals surface area contributed by atoms with Crippen molar-refractivity contribution in [2.24, 2.45) is 0 Å². The molecule has 1 aliphatic carbocycles. The van der Waals surface area contributed by atoms with Gasteiger partial charge in [-0.25, -0.2) is 4.79 Å². The van der Waals surface area contributed by atoms with Crippen molar-refractivity contribution in [3.8, 4) is 0 Å². The molecule has 2 aliphatic rings. The molecule has 5 heteroatoms. The molecule has 1 saturated carbocycles. The summed E-state index contributed by atoms with van der Waals surface area (Å²) < 4.78 is 11.5. The molecule has 0 bridgehead atoms.